The maximum absolute atomic E-state index is 6.50. The van der Waals surface area contributed by atoms with Gasteiger partial charge in [-0.25, -0.2) is 4.98 Å². The van der Waals surface area contributed by atoms with E-state index in [0.29, 0.717) is 5.02 Å². The summed E-state index contributed by atoms with van der Waals surface area (Å²) in [5.41, 5.74) is 0.865. The Morgan fingerprint density at radius 3 is 2.54 bits per heavy atom. The summed E-state index contributed by atoms with van der Waals surface area (Å²) in [6.07, 6.45) is 0. The van der Waals surface area contributed by atoms with E-state index in [9.17, 15) is 0 Å². The highest BCUT2D eigenvalue weighted by Gasteiger charge is 2.15. The highest BCUT2D eigenvalue weighted by atomic mass is 35.5. The zero-order valence-corrected chi connectivity index (χ0v) is 13.9. The molecule has 24 heavy (non-hydrogen) atoms. The number of morpholine rings is 1. The van der Waals surface area contributed by atoms with Crippen LogP contribution in [0.3, 0.4) is 0 Å². The Kier molecular flexibility index (Phi) is 4.24. The molecule has 4 nitrogen and oxygen atoms in total. The maximum Gasteiger partial charge on any atom is 0.130 e. The molecule has 2 aromatic carbocycles. The predicted octanol–water partition coefficient (Wildman–Crippen LogP) is 4.52. The fourth-order valence-corrected chi connectivity index (χ4v) is 3.04. The number of fused-ring (bicyclic) bond motifs is 1. The minimum absolute atomic E-state index is 0.681. The standard InChI is InChI=1S/C19H17ClN2O2/c20-17-13-19(22-8-10-23-11-9-22)21-18-7-6-15(12-16(17)18)24-14-4-2-1-3-5-14/h1-7,12-13H,8-11H2. The molecule has 3 aromatic rings. The SMILES string of the molecule is Clc1cc(N2CCOCC2)nc2ccc(Oc3ccccc3)cc12. The Hall–Kier alpha value is -2.30. The van der Waals surface area contributed by atoms with E-state index in [1.807, 2.05) is 54.6 Å². The number of para-hydroxylation sites is 1. The van der Waals surface area contributed by atoms with Gasteiger partial charge in [-0.15, -0.1) is 0 Å². The van der Waals surface area contributed by atoms with Crippen LogP contribution in [0.2, 0.25) is 5.02 Å². The van der Waals surface area contributed by atoms with Crippen molar-refractivity contribution in [1.29, 1.82) is 0 Å². The van der Waals surface area contributed by atoms with Gasteiger partial charge >= 0.3 is 0 Å². The Morgan fingerprint density at radius 1 is 0.958 bits per heavy atom. The van der Waals surface area contributed by atoms with Crippen molar-refractivity contribution in [3.05, 3.63) is 59.6 Å². The number of aromatic nitrogens is 1. The zero-order chi connectivity index (χ0) is 16.4. The summed E-state index contributed by atoms with van der Waals surface area (Å²) in [5.74, 6) is 2.44. The van der Waals surface area contributed by atoms with Gasteiger partial charge in [0.1, 0.15) is 17.3 Å². The second-order valence-electron chi connectivity index (χ2n) is 5.66. The molecule has 122 valence electrons. The molecule has 0 atom stereocenters. The number of ether oxygens (including phenoxy) is 2. The van der Waals surface area contributed by atoms with Gasteiger partial charge in [0, 0.05) is 18.5 Å². The van der Waals surface area contributed by atoms with E-state index in [4.69, 9.17) is 26.1 Å². The van der Waals surface area contributed by atoms with Gasteiger partial charge in [0.05, 0.1) is 23.8 Å². The Balaban J connectivity index is 1.66. The average Bonchev–Trinajstić information content (AvgIpc) is 2.64. The first kappa shape index (κ1) is 15.2. The Labute approximate surface area is 145 Å². The van der Waals surface area contributed by atoms with Crippen LogP contribution in [0.1, 0.15) is 0 Å². The molecule has 0 amide bonds. The van der Waals surface area contributed by atoms with Crippen molar-refractivity contribution in [2.45, 2.75) is 0 Å². The van der Waals surface area contributed by atoms with Crippen molar-refractivity contribution >= 4 is 28.3 Å². The second kappa shape index (κ2) is 6.67. The number of hydrogen-bond donors (Lipinski definition) is 0. The molecule has 5 heteroatoms. The van der Waals surface area contributed by atoms with Crippen molar-refractivity contribution in [1.82, 2.24) is 4.98 Å². The molecule has 0 unspecified atom stereocenters. The molecule has 2 heterocycles. The average molecular weight is 341 g/mol. The number of nitrogens with zero attached hydrogens (tertiary/aromatic N) is 2. The molecule has 0 N–H and O–H groups in total. The van der Waals surface area contributed by atoms with Crippen LogP contribution in [0.4, 0.5) is 5.82 Å². The minimum atomic E-state index is 0.681. The number of hydrogen-bond acceptors (Lipinski definition) is 4. The number of pyridine rings is 1. The van der Waals surface area contributed by atoms with Crippen LogP contribution in [-0.4, -0.2) is 31.3 Å². The number of halogens is 1. The summed E-state index contributed by atoms with van der Waals surface area (Å²) in [6, 6.07) is 17.4. The molecule has 1 aliphatic heterocycles. The van der Waals surface area contributed by atoms with Crippen LogP contribution in [-0.2, 0) is 4.74 Å². The first-order valence-corrected chi connectivity index (χ1v) is 8.33. The molecule has 1 fully saturated rings. The molecule has 0 spiro atoms. The van der Waals surface area contributed by atoms with Crippen LogP contribution in [0.15, 0.2) is 54.6 Å². The molecule has 0 bridgehead atoms. The molecule has 1 aliphatic rings. The van der Waals surface area contributed by atoms with E-state index in [1.165, 1.54) is 0 Å². The monoisotopic (exact) mass is 340 g/mol. The van der Waals surface area contributed by atoms with E-state index in [-0.39, 0.29) is 0 Å². The third kappa shape index (κ3) is 3.16. The van der Waals surface area contributed by atoms with Crippen molar-refractivity contribution in [2.75, 3.05) is 31.2 Å². The fourth-order valence-electron chi connectivity index (χ4n) is 2.79. The van der Waals surface area contributed by atoms with Crippen LogP contribution in [0, 0.1) is 0 Å². The maximum atomic E-state index is 6.50. The lowest BCUT2D eigenvalue weighted by Crippen LogP contribution is -2.36. The van der Waals surface area contributed by atoms with Gasteiger partial charge in [0.25, 0.3) is 0 Å². The summed E-state index contributed by atoms with van der Waals surface area (Å²) < 4.78 is 11.3. The lowest BCUT2D eigenvalue weighted by molar-refractivity contribution is 0.122. The van der Waals surface area contributed by atoms with E-state index < -0.39 is 0 Å². The van der Waals surface area contributed by atoms with Crippen molar-refractivity contribution in [3.63, 3.8) is 0 Å². The number of rotatable bonds is 3. The summed E-state index contributed by atoms with van der Waals surface area (Å²) >= 11 is 6.50. The second-order valence-corrected chi connectivity index (χ2v) is 6.06. The van der Waals surface area contributed by atoms with Crippen LogP contribution in [0.25, 0.3) is 10.9 Å². The third-order valence-electron chi connectivity index (χ3n) is 4.03. The first-order valence-electron chi connectivity index (χ1n) is 7.95. The molecule has 1 saturated heterocycles. The molecule has 0 radical (unpaired) electrons. The quantitative estimate of drug-likeness (QED) is 0.702. The Bertz CT molecular complexity index is 849. The predicted molar refractivity (Wildman–Crippen MR) is 96.3 cm³/mol. The van der Waals surface area contributed by atoms with Crippen LogP contribution in [0.5, 0.6) is 11.5 Å². The largest absolute Gasteiger partial charge is 0.457 e. The summed E-state index contributed by atoms with van der Waals surface area (Å²) in [7, 11) is 0. The molecular formula is C19H17ClN2O2. The highest BCUT2D eigenvalue weighted by Crippen LogP contribution is 2.31. The normalized spacial score (nSPS) is 14.8. The van der Waals surface area contributed by atoms with E-state index in [2.05, 4.69) is 4.90 Å². The van der Waals surface area contributed by atoms with E-state index in [0.717, 1.165) is 54.5 Å². The van der Waals surface area contributed by atoms with Gasteiger partial charge in [-0.05, 0) is 36.4 Å². The van der Waals surface area contributed by atoms with Crippen LogP contribution < -0.4 is 9.64 Å². The van der Waals surface area contributed by atoms with Gasteiger partial charge in [0.2, 0.25) is 0 Å². The lowest BCUT2D eigenvalue weighted by Gasteiger charge is -2.28. The number of anilines is 1. The van der Waals surface area contributed by atoms with Gasteiger partial charge in [-0.3, -0.25) is 0 Å². The van der Waals surface area contributed by atoms with Crippen molar-refractivity contribution < 1.29 is 9.47 Å². The third-order valence-corrected chi connectivity index (χ3v) is 4.34. The van der Waals surface area contributed by atoms with Gasteiger partial charge in [0.15, 0.2) is 0 Å². The first-order chi connectivity index (χ1) is 11.8. The van der Waals surface area contributed by atoms with Crippen molar-refractivity contribution in [3.8, 4) is 11.5 Å². The van der Waals surface area contributed by atoms with E-state index in [1.54, 1.807) is 0 Å². The lowest BCUT2D eigenvalue weighted by atomic mass is 10.2. The topological polar surface area (TPSA) is 34.6 Å². The summed E-state index contributed by atoms with van der Waals surface area (Å²) in [5, 5.41) is 1.57. The zero-order valence-electron chi connectivity index (χ0n) is 13.1. The molecule has 1 aromatic heterocycles. The molecule has 0 aliphatic carbocycles. The van der Waals surface area contributed by atoms with Crippen LogP contribution >= 0.6 is 11.6 Å². The Morgan fingerprint density at radius 2 is 1.75 bits per heavy atom. The van der Waals surface area contributed by atoms with Gasteiger partial charge in [-0.1, -0.05) is 29.8 Å². The van der Waals surface area contributed by atoms with Gasteiger partial charge < -0.3 is 14.4 Å². The summed E-state index contributed by atoms with van der Waals surface area (Å²) in [4.78, 5) is 6.94. The van der Waals surface area contributed by atoms with Crippen molar-refractivity contribution in [2.24, 2.45) is 0 Å². The highest BCUT2D eigenvalue weighted by molar-refractivity contribution is 6.35. The molecule has 4 rings (SSSR count). The smallest absolute Gasteiger partial charge is 0.130 e. The fraction of sp³-hybridized carbons (Fsp3) is 0.211. The number of benzene rings is 2. The van der Waals surface area contributed by atoms with E-state index >= 15 is 0 Å². The molecular weight excluding hydrogens is 324 g/mol. The molecule has 0 saturated carbocycles. The minimum Gasteiger partial charge on any atom is -0.457 e. The van der Waals surface area contributed by atoms with Gasteiger partial charge in [-0.2, -0.15) is 0 Å². The summed E-state index contributed by atoms with van der Waals surface area (Å²) in [6.45, 7) is 3.12.